The molecule has 0 aliphatic heterocycles. The van der Waals surface area contributed by atoms with E-state index >= 15 is 0 Å². The third-order valence-corrected chi connectivity index (χ3v) is 3.69. The van der Waals surface area contributed by atoms with Gasteiger partial charge in [-0.15, -0.1) is 0 Å². The van der Waals surface area contributed by atoms with E-state index < -0.39 is 17.6 Å². The van der Waals surface area contributed by atoms with E-state index in [0.29, 0.717) is 11.3 Å². The molecular weight excluding hydrogens is 350 g/mol. The number of imide groups is 1. The van der Waals surface area contributed by atoms with Gasteiger partial charge < -0.3 is 13.9 Å². The Kier molecular flexibility index (Phi) is 5.51. The number of carbonyl (C=O) groups excluding carboxylic acids is 2. The molecule has 2 amide bonds. The van der Waals surface area contributed by atoms with Crippen molar-refractivity contribution in [1.29, 1.82) is 0 Å². The highest BCUT2D eigenvalue weighted by molar-refractivity contribution is 5.94. The van der Waals surface area contributed by atoms with Gasteiger partial charge in [-0.2, -0.15) is 0 Å². The highest BCUT2D eigenvalue weighted by Gasteiger charge is 2.11. The Bertz CT molecular complexity index is 1030. The molecule has 0 unspecified atom stereocenters. The zero-order chi connectivity index (χ0) is 19.2. The highest BCUT2D eigenvalue weighted by atomic mass is 16.5. The van der Waals surface area contributed by atoms with Gasteiger partial charge in [-0.05, 0) is 30.2 Å². The molecule has 27 heavy (non-hydrogen) atoms. The van der Waals surface area contributed by atoms with Crippen LogP contribution in [0.4, 0.5) is 4.79 Å². The molecule has 1 N–H and O–H groups in total. The topological polar surface area (TPSA) is 94.8 Å². The predicted molar refractivity (Wildman–Crippen MR) is 98.6 cm³/mol. The second kappa shape index (κ2) is 8.18. The van der Waals surface area contributed by atoms with Crippen LogP contribution in [0.25, 0.3) is 22.1 Å². The molecule has 3 aromatic rings. The molecule has 0 aliphatic carbocycles. The Morgan fingerprint density at radius 3 is 2.59 bits per heavy atom. The van der Waals surface area contributed by atoms with E-state index in [1.54, 1.807) is 19.1 Å². The van der Waals surface area contributed by atoms with Gasteiger partial charge in [-0.25, -0.2) is 9.59 Å². The molecule has 3 rings (SSSR count). The normalized spacial score (nSPS) is 10.4. The van der Waals surface area contributed by atoms with Crippen LogP contribution in [0.5, 0.6) is 5.75 Å². The van der Waals surface area contributed by atoms with Crippen molar-refractivity contribution in [2.24, 2.45) is 0 Å². The third kappa shape index (κ3) is 4.52. The molecule has 0 saturated carbocycles. The average Bonchev–Trinajstić information content (AvgIpc) is 2.66. The summed E-state index contributed by atoms with van der Waals surface area (Å²) in [6.07, 6.45) is -0.830. The van der Waals surface area contributed by atoms with E-state index in [1.807, 2.05) is 35.6 Å². The highest BCUT2D eigenvalue weighted by Crippen LogP contribution is 2.29. The minimum Gasteiger partial charge on any atom is -0.484 e. The number of hydrogen-bond donors (Lipinski definition) is 1. The number of amides is 2. The van der Waals surface area contributed by atoms with Crippen LogP contribution in [-0.2, 0) is 9.53 Å². The number of benzene rings is 2. The zero-order valence-electron chi connectivity index (χ0n) is 14.6. The second-order valence-electron chi connectivity index (χ2n) is 5.56. The van der Waals surface area contributed by atoms with Crippen molar-refractivity contribution in [3.8, 4) is 16.9 Å². The Labute approximate surface area is 154 Å². The molecule has 0 saturated heterocycles. The lowest BCUT2D eigenvalue weighted by molar-refractivity contribution is -0.122. The summed E-state index contributed by atoms with van der Waals surface area (Å²) < 4.78 is 15.2. The first-order valence-corrected chi connectivity index (χ1v) is 8.29. The fourth-order valence-corrected chi connectivity index (χ4v) is 2.56. The van der Waals surface area contributed by atoms with Gasteiger partial charge >= 0.3 is 11.7 Å². The largest absolute Gasteiger partial charge is 0.484 e. The van der Waals surface area contributed by atoms with E-state index in [1.165, 1.54) is 12.1 Å². The van der Waals surface area contributed by atoms with Crippen LogP contribution in [0, 0.1) is 0 Å². The van der Waals surface area contributed by atoms with Gasteiger partial charge in [0.1, 0.15) is 11.3 Å². The lowest BCUT2D eigenvalue weighted by Crippen LogP contribution is -2.34. The van der Waals surface area contributed by atoms with Crippen molar-refractivity contribution in [2.75, 3.05) is 13.2 Å². The predicted octanol–water partition coefficient (Wildman–Crippen LogP) is 3.11. The molecular formula is C20H17NO6. The van der Waals surface area contributed by atoms with Gasteiger partial charge in [0.2, 0.25) is 0 Å². The maximum Gasteiger partial charge on any atom is 0.413 e. The minimum absolute atomic E-state index is 0.160. The number of carbonyl (C=O) groups is 2. The van der Waals surface area contributed by atoms with Crippen LogP contribution < -0.4 is 15.7 Å². The number of rotatable bonds is 5. The quantitative estimate of drug-likeness (QED) is 0.696. The van der Waals surface area contributed by atoms with Gasteiger partial charge in [-0.1, -0.05) is 30.3 Å². The Morgan fingerprint density at radius 2 is 1.85 bits per heavy atom. The molecule has 138 valence electrons. The first kappa shape index (κ1) is 18.2. The van der Waals surface area contributed by atoms with E-state index in [0.717, 1.165) is 16.5 Å². The number of ether oxygens (including phenoxy) is 2. The number of alkyl carbamates (subject to hydrolysis) is 1. The fourth-order valence-electron chi connectivity index (χ4n) is 2.56. The standard InChI is InChI=1S/C20H17NO6/c1-2-25-20(24)21-18(22)12-26-14-8-9-15-16(13-6-4-3-5-7-13)11-19(23)27-17(15)10-14/h3-11H,2,12H2,1H3,(H,21,22,24). The third-order valence-electron chi connectivity index (χ3n) is 3.69. The zero-order valence-corrected chi connectivity index (χ0v) is 14.6. The minimum atomic E-state index is -0.830. The Hall–Kier alpha value is -3.61. The van der Waals surface area contributed by atoms with Crippen molar-refractivity contribution in [3.63, 3.8) is 0 Å². The van der Waals surface area contributed by atoms with Crippen LogP contribution in [0.2, 0.25) is 0 Å². The lowest BCUT2D eigenvalue weighted by Gasteiger charge is -2.09. The molecule has 0 bridgehead atoms. The first-order valence-electron chi connectivity index (χ1n) is 8.29. The van der Waals surface area contributed by atoms with E-state index in [9.17, 15) is 14.4 Å². The molecule has 0 radical (unpaired) electrons. The van der Waals surface area contributed by atoms with Gasteiger partial charge in [0.25, 0.3) is 5.91 Å². The SMILES string of the molecule is CCOC(=O)NC(=O)COc1ccc2c(-c3ccccc3)cc(=O)oc2c1. The summed E-state index contributed by atoms with van der Waals surface area (Å²) in [6.45, 7) is 1.41. The molecule has 0 atom stereocenters. The number of hydrogen-bond acceptors (Lipinski definition) is 6. The summed E-state index contributed by atoms with van der Waals surface area (Å²) >= 11 is 0. The van der Waals surface area contributed by atoms with Gasteiger partial charge in [0.05, 0.1) is 6.61 Å². The van der Waals surface area contributed by atoms with Crippen molar-refractivity contribution >= 4 is 23.0 Å². The summed E-state index contributed by atoms with van der Waals surface area (Å²) in [4.78, 5) is 34.8. The Morgan fingerprint density at radius 1 is 1.07 bits per heavy atom. The molecule has 2 aromatic carbocycles. The van der Waals surface area contributed by atoms with Crippen LogP contribution in [0.3, 0.4) is 0 Å². The molecule has 7 nitrogen and oxygen atoms in total. The van der Waals surface area contributed by atoms with Crippen molar-refractivity contribution in [1.82, 2.24) is 5.32 Å². The van der Waals surface area contributed by atoms with Crippen LogP contribution >= 0.6 is 0 Å². The summed E-state index contributed by atoms with van der Waals surface area (Å²) in [6, 6.07) is 15.8. The van der Waals surface area contributed by atoms with Crippen LogP contribution in [-0.4, -0.2) is 25.2 Å². The molecule has 1 aromatic heterocycles. The van der Waals surface area contributed by atoms with Gasteiger partial charge in [0.15, 0.2) is 6.61 Å². The molecule has 1 heterocycles. The van der Waals surface area contributed by atoms with E-state index in [2.05, 4.69) is 4.74 Å². The molecule has 7 heteroatoms. The molecule has 0 spiro atoms. The average molecular weight is 367 g/mol. The van der Waals surface area contributed by atoms with Crippen molar-refractivity contribution in [2.45, 2.75) is 6.92 Å². The smallest absolute Gasteiger partial charge is 0.413 e. The van der Waals surface area contributed by atoms with E-state index in [-0.39, 0.29) is 13.2 Å². The Balaban J connectivity index is 1.81. The second-order valence-corrected chi connectivity index (χ2v) is 5.56. The molecule has 0 fully saturated rings. The van der Waals surface area contributed by atoms with Crippen molar-refractivity contribution < 1.29 is 23.5 Å². The van der Waals surface area contributed by atoms with Crippen LogP contribution in [0.15, 0.2) is 63.8 Å². The summed E-state index contributed by atoms with van der Waals surface area (Å²) in [5.74, 6) is -0.317. The fraction of sp³-hybridized carbons (Fsp3) is 0.150. The summed E-state index contributed by atoms with van der Waals surface area (Å²) in [5.41, 5.74) is 1.48. The summed E-state index contributed by atoms with van der Waals surface area (Å²) in [7, 11) is 0. The maximum absolute atomic E-state index is 11.9. The number of nitrogens with one attached hydrogen (secondary N) is 1. The van der Waals surface area contributed by atoms with Gasteiger partial charge in [-0.3, -0.25) is 10.1 Å². The summed E-state index contributed by atoms with van der Waals surface area (Å²) in [5, 5.41) is 2.77. The van der Waals surface area contributed by atoms with E-state index in [4.69, 9.17) is 9.15 Å². The lowest BCUT2D eigenvalue weighted by atomic mass is 10.0. The number of fused-ring (bicyclic) bond motifs is 1. The first-order chi connectivity index (χ1) is 13.1. The monoisotopic (exact) mass is 367 g/mol. The molecule has 0 aliphatic rings. The van der Waals surface area contributed by atoms with Gasteiger partial charge in [0, 0.05) is 17.5 Å². The van der Waals surface area contributed by atoms with Crippen molar-refractivity contribution in [3.05, 3.63) is 65.0 Å². The van der Waals surface area contributed by atoms with Crippen LogP contribution in [0.1, 0.15) is 6.92 Å². The maximum atomic E-state index is 11.9.